The predicted molar refractivity (Wildman–Crippen MR) is 101 cm³/mol. The smallest absolute Gasteiger partial charge is 0.338 e. The molecule has 2 rings (SSSR count). The molecule has 2 aromatic rings. The summed E-state index contributed by atoms with van der Waals surface area (Å²) in [6, 6.07) is 10.1. The van der Waals surface area contributed by atoms with Crippen LogP contribution < -0.4 is 14.8 Å². The maximum absolute atomic E-state index is 12.0. The average molecular weight is 388 g/mol. The van der Waals surface area contributed by atoms with Crippen molar-refractivity contribution in [2.24, 2.45) is 0 Å². The molecule has 0 saturated carbocycles. The number of nitrogens with zero attached hydrogens (tertiary/aromatic N) is 1. The van der Waals surface area contributed by atoms with Crippen molar-refractivity contribution in [2.75, 3.05) is 25.6 Å². The van der Waals surface area contributed by atoms with E-state index < -0.39 is 23.4 Å². The standard InChI is InChI=1S/C19H20N2O7/c1-3-10-27-15-7-4-13(5-8-15)19(23)28-12-18(22)20-16-9-6-14(21(24)25)11-17(16)26-2/h4-9,11H,3,10,12H2,1-2H3,(H,20,22). The van der Waals surface area contributed by atoms with E-state index in [1.165, 1.54) is 25.3 Å². The van der Waals surface area contributed by atoms with E-state index in [2.05, 4.69) is 5.32 Å². The largest absolute Gasteiger partial charge is 0.494 e. The van der Waals surface area contributed by atoms with Gasteiger partial charge < -0.3 is 19.5 Å². The molecule has 0 fully saturated rings. The molecule has 0 unspecified atom stereocenters. The van der Waals surface area contributed by atoms with Gasteiger partial charge in [-0.05, 0) is 36.8 Å². The van der Waals surface area contributed by atoms with Crippen LogP contribution in [0.2, 0.25) is 0 Å². The van der Waals surface area contributed by atoms with Crippen molar-refractivity contribution in [3.05, 3.63) is 58.1 Å². The molecule has 0 bridgehead atoms. The number of non-ortho nitro benzene ring substituents is 1. The van der Waals surface area contributed by atoms with E-state index in [4.69, 9.17) is 14.2 Å². The van der Waals surface area contributed by atoms with E-state index in [0.717, 1.165) is 6.42 Å². The highest BCUT2D eigenvalue weighted by molar-refractivity contribution is 5.96. The van der Waals surface area contributed by atoms with Gasteiger partial charge in [-0.15, -0.1) is 0 Å². The zero-order valence-electron chi connectivity index (χ0n) is 15.5. The maximum Gasteiger partial charge on any atom is 0.338 e. The van der Waals surface area contributed by atoms with E-state index in [9.17, 15) is 19.7 Å². The van der Waals surface area contributed by atoms with Gasteiger partial charge in [0.05, 0.1) is 36.0 Å². The Labute approximate surface area is 161 Å². The summed E-state index contributed by atoms with van der Waals surface area (Å²) in [7, 11) is 1.32. The lowest BCUT2D eigenvalue weighted by molar-refractivity contribution is -0.384. The van der Waals surface area contributed by atoms with E-state index in [-0.39, 0.29) is 22.7 Å². The highest BCUT2D eigenvalue weighted by atomic mass is 16.6. The van der Waals surface area contributed by atoms with Gasteiger partial charge in [0.1, 0.15) is 11.5 Å². The Kier molecular flexibility index (Phi) is 7.32. The number of hydrogen-bond donors (Lipinski definition) is 1. The van der Waals surface area contributed by atoms with Crippen LogP contribution in [-0.2, 0) is 9.53 Å². The third-order valence-corrected chi connectivity index (χ3v) is 3.57. The lowest BCUT2D eigenvalue weighted by Gasteiger charge is -2.10. The topological polar surface area (TPSA) is 117 Å². The van der Waals surface area contributed by atoms with E-state index in [0.29, 0.717) is 12.4 Å². The third-order valence-electron chi connectivity index (χ3n) is 3.57. The highest BCUT2D eigenvalue weighted by Crippen LogP contribution is 2.28. The molecule has 0 heterocycles. The number of hydrogen-bond acceptors (Lipinski definition) is 7. The van der Waals surface area contributed by atoms with Crippen LogP contribution in [0.25, 0.3) is 0 Å². The van der Waals surface area contributed by atoms with Crippen molar-refractivity contribution in [2.45, 2.75) is 13.3 Å². The second kappa shape index (κ2) is 9.91. The molecular formula is C19H20N2O7. The first-order valence-corrected chi connectivity index (χ1v) is 8.47. The number of methoxy groups -OCH3 is 1. The molecule has 0 spiro atoms. The number of nitrogens with one attached hydrogen (secondary N) is 1. The minimum absolute atomic E-state index is 0.122. The number of nitro benzene ring substituents is 1. The van der Waals surface area contributed by atoms with Crippen LogP contribution in [0.3, 0.4) is 0 Å². The average Bonchev–Trinajstić information content (AvgIpc) is 2.71. The maximum atomic E-state index is 12.0. The molecule has 28 heavy (non-hydrogen) atoms. The third kappa shape index (κ3) is 5.70. The molecule has 9 nitrogen and oxygen atoms in total. The van der Waals surface area contributed by atoms with Crippen molar-refractivity contribution in [3.63, 3.8) is 0 Å². The Bertz CT molecular complexity index is 850. The van der Waals surface area contributed by atoms with Crippen molar-refractivity contribution < 1.29 is 28.7 Å². The van der Waals surface area contributed by atoms with E-state index in [1.807, 2.05) is 6.92 Å². The minimum Gasteiger partial charge on any atom is -0.494 e. The van der Waals surface area contributed by atoms with Crippen LogP contribution in [0.4, 0.5) is 11.4 Å². The number of rotatable bonds is 9. The molecular weight excluding hydrogens is 368 g/mol. The fraction of sp³-hybridized carbons (Fsp3) is 0.263. The van der Waals surface area contributed by atoms with Crippen LogP contribution in [0, 0.1) is 10.1 Å². The summed E-state index contributed by atoms with van der Waals surface area (Å²) in [4.78, 5) is 34.2. The Morgan fingerprint density at radius 3 is 2.46 bits per heavy atom. The zero-order chi connectivity index (χ0) is 20.5. The lowest BCUT2D eigenvalue weighted by atomic mass is 10.2. The fourth-order valence-electron chi connectivity index (χ4n) is 2.20. The zero-order valence-corrected chi connectivity index (χ0v) is 15.5. The molecule has 0 aromatic heterocycles. The molecule has 0 aliphatic rings. The summed E-state index contributed by atoms with van der Waals surface area (Å²) in [5.74, 6) is -0.505. The second-order valence-electron chi connectivity index (χ2n) is 5.64. The van der Waals surface area contributed by atoms with Crippen molar-refractivity contribution in [3.8, 4) is 11.5 Å². The number of nitro groups is 1. The van der Waals surface area contributed by atoms with Crippen molar-refractivity contribution in [1.29, 1.82) is 0 Å². The van der Waals surface area contributed by atoms with Gasteiger partial charge in [-0.1, -0.05) is 6.92 Å². The summed E-state index contributed by atoms with van der Waals surface area (Å²) in [5.41, 5.74) is 0.337. The number of anilines is 1. The Morgan fingerprint density at radius 2 is 1.86 bits per heavy atom. The van der Waals surface area contributed by atoms with E-state index in [1.54, 1.807) is 24.3 Å². The number of ether oxygens (including phenoxy) is 3. The number of benzene rings is 2. The summed E-state index contributed by atoms with van der Waals surface area (Å²) >= 11 is 0. The minimum atomic E-state index is -0.659. The van der Waals surface area contributed by atoms with Crippen molar-refractivity contribution >= 4 is 23.3 Å². The molecule has 1 amide bonds. The summed E-state index contributed by atoms with van der Waals surface area (Å²) in [6.45, 7) is 2.05. The molecule has 1 N–H and O–H groups in total. The van der Waals surface area contributed by atoms with Crippen LogP contribution in [0.5, 0.6) is 11.5 Å². The van der Waals surface area contributed by atoms with Gasteiger partial charge in [0.25, 0.3) is 11.6 Å². The van der Waals surface area contributed by atoms with Gasteiger partial charge in [0.15, 0.2) is 6.61 Å². The number of carbonyl (C=O) groups excluding carboxylic acids is 2. The summed E-state index contributed by atoms with van der Waals surface area (Å²) in [5, 5.41) is 13.3. The van der Waals surface area contributed by atoms with Gasteiger partial charge in [0.2, 0.25) is 0 Å². The molecule has 0 atom stereocenters. The lowest BCUT2D eigenvalue weighted by Crippen LogP contribution is -2.21. The first-order chi connectivity index (χ1) is 13.4. The van der Waals surface area contributed by atoms with Gasteiger partial charge in [-0.25, -0.2) is 4.79 Å². The summed E-state index contributed by atoms with van der Waals surface area (Å²) < 4.78 is 15.4. The monoisotopic (exact) mass is 388 g/mol. The normalized spacial score (nSPS) is 10.1. The Hall–Kier alpha value is -3.62. The second-order valence-corrected chi connectivity index (χ2v) is 5.64. The number of carbonyl (C=O) groups is 2. The first kappa shape index (κ1) is 20.7. The van der Waals surface area contributed by atoms with Gasteiger partial charge >= 0.3 is 5.97 Å². The van der Waals surface area contributed by atoms with Crippen LogP contribution >= 0.6 is 0 Å². The Balaban J connectivity index is 1.91. The van der Waals surface area contributed by atoms with Gasteiger partial charge in [0, 0.05) is 6.07 Å². The van der Waals surface area contributed by atoms with Gasteiger partial charge in [-0.2, -0.15) is 0 Å². The SMILES string of the molecule is CCCOc1ccc(C(=O)OCC(=O)Nc2ccc([N+](=O)[O-])cc2OC)cc1. The van der Waals surface area contributed by atoms with Crippen LogP contribution in [0.15, 0.2) is 42.5 Å². The molecule has 0 radical (unpaired) electrons. The van der Waals surface area contributed by atoms with E-state index >= 15 is 0 Å². The first-order valence-electron chi connectivity index (χ1n) is 8.47. The molecule has 2 aromatic carbocycles. The molecule has 0 aliphatic heterocycles. The van der Waals surface area contributed by atoms with Crippen molar-refractivity contribution in [1.82, 2.24) is 0 Å². The molecule has 0 saturated heterocycles. The fourth-order valence-corrected chi connectivity index (χ4v) is 2.20. The van der Waals surface area contributed by atoms with Crippen LogP contribution in [-0.4, -0.2) is 37.1 Å². The highest BCUT2D eigenvalue weighted by Gasteiger charge is 2.15. The number of amides is 1. The molecule has 0 aliphatic carbocycles. The predicted octanol–water partition coefficient (Wildman–Crippen LogP) is 3.19. The summed E-state index contributed by atoms with van der Waals surface area (Å²) in [6.07, 6.45) is 0.873. The Morgan fingerprint density at radius 1 is 1.14 bits per heavy atom. The number of esters is 1. The van der Waals surface area contributed by atoms with Crippen LogP contribution in [0.1, 0.15) is 23.7 Å². The molecule has 148 valence electrons. The van der Waals surface area contributed by atoms with Gasteiger partial charge in [-0.3, -0.25) is 14.9 Å². The quantitative estimate of drug-likeness (QED) is 0.398. The molecule has 9 heteroatoms.